The molecule has 0 unspecified atom stereocenters. The summed E-state index contributed by atoms with van der Waals surface area (Å²) in [4.78, 5) is 38.3. The average molecular weight is 374 g/mol. The van der Waals surface area contributed by atoms with Crippen LogP contribution in [0.25, 0.3) is 0 Å². The number of amides is 2. The molecular formula is C20H26N2O5. The van der Waals surface area contributed by atoms with Crippen LogP contribution in [0.4, 0.5) is 5.69 Å². The van der Waals surface area contributed by atoms with Crippen LogP contribution in [0.5, 0.6) is 11.5 Å². The molecule has 7 heteroatoms. The number of Topliss-reactive ketones (excluding diaryl/α,β-unsaturated/α-hetero) is 1. The lowest BCUT2D eigenvalue weighted by atomic mass is 9.92. The van der Waals surface area contributed by atoms with Crippen LogP contribution >= 0.6 is 0 Å². The van der Waals surface area contributed by atoms with Crippen LogP contribution in [-0.4, -0.2) is 42.4 Å². The van der Waals surface area contributed by atoms with Gasteiger partial charge >= 0.3 is 0 Å². The third kappa shape index (κ3) is 4.40. The number of carbonyl (C=O) groups is 3. The lowest BCUT2D eigenvalue weighted by Gasteiger charge is -2.32. The Morgan fingerprint density at radius 3 is 2.37 bits per heavy atom. The Kier molecular flexibility index (Phi) is 5.68. The van der Waals surface area contributed by atoms with Gasteiger partial charge in [0.15, 0.2) is 17.3 Å². The number of benzene rings is 1. The van der Waals surface area contributed by atoms with Gasteiger partial charge in [0.2, 0.25) is 18.6 Å². The maximum absolute atomic E-state index is 12.5. The van der Waals surface area contributed by atoms with Gasteiger partial charge in [-0.15, -0.1) is 0 Å². The first kappa shape index (κ1) is 19.2. The molecule has 0 aliphatic carbocycles. The zero-order valence-corrected chi connectivity index (χ0v) is 16.0. The summed E-state index contributed by atoms with van der Waals surface area (Å²) in [6.45, 7) is 6.75. The molecule has 2 amide bonds. The van der Waals surface area contributed by atoms with Gasteiger partial charge in [-0.1, -0.05) is 13.8 Å². The molecule has 2 aliphatic rings. The molecule has 1 N–H and O–H groups in total. The zero-order valence-electron chi connectivity index (χ0n) is 16.0. The van der Waals surface area contributed by atoms with Crippen LogP contribution < -0.4 is 14.8 Å². The van der Waals surface area contributed by atoms with Gasteiger partial charge in [-0.25, -0.2) is 0 Å². The molecule has 2 heterocycles. The SMILES string of the molecule is CC(=O)c1cc2c(cc1NC(=O)CC1CCN(C(=O)C(C)C)CC1)OCO2. The standard InChI is InChI=1S/C20H26N2O5/c1-12(2)20(25)22-6-4-14(5-7-22)8-19(24)21-16-10-18-17(26-11-27-18)9-15(16)13(3)23/h9-10,12,14H,4-8,11H2,1-3H3,(H,21,24). The van der Waals surface area contributed by atoms with Gasteiger partial charge in [0.25, 0.3) is 0 Å². The van der Waals surface area contributed by atoms with Crippen molar-refractivity contribution in [2.24, 2.45) is 11.8 Å². The van der Waals surface area contributed by atoms with Crippen molar-refractivity contribution in [3.05, 3.63) is 17.7 Å². The van der Waals surface area contributed by atoms with Gasteiger partial charge in [0.1, 0.15) is 0 Å². The van der Waals surface area contributed by atoms with Crippen molar-refractivity contribution in [3.8, 4) is 11.5 Å². The van der Waals surface area contributed by atoms with Gasteiger partial charge in [-0.2, -0.15) is 0 Å². The van der Waals surface area contributed by atoms with Crippen molar-refractivity contribution < 1.29 is 23.9 Å². The highest BCUT2D eigenvalue weighted by Gasteiger charge is 2.26. The Labute approximate surface area is 159 Å². The van der Waals surface area contributed by atoms with E-state index in [0.29, 0.717) is 42.3 Å². The first-order chi connectivity index (χ1) is 12.8. The summed E-state index contributed by atoms with van der Waals surface area (Å²) >= 11 is 0. The summed E-state index contributed by atoms with van der Waals surface area (Å²) in [5, 5.41) is 2.85. The van der Waals surface area contributed by atoms with Crippen molar-refractivity contribution in [1.29, 1.82) is 0 Å². The van der Waals surface area contributed by atoms with Gasteiger partial charge in [-0.05, 0) is 31.7 Å². The van der Waals surface area contributed by atoms with Crippen molar-refractivity contribution >= 4 is 23.3 Å². The number of piperidine rings is 1. The molecule has 0 aromatic heterocycles. The molecular weight excluding hydrogens is 348 g/mol. The van der Waals surface area contributed by atoms with E-state index in [2.05, 4.69) is 5.32 Å². The lowest BCUT2D eigenvalue weighted by molar-refractivity contribution is -0.135. The molecule has 7 nitrogen and oxygen atoms in total. The van der Waals surface area contributed by atoms with E-state index >= 15 is 0 Å². The number of carbonyl (C=O) groups excluding carboxylic acids is 3. The predicted molar refractivity (Wildman–Crippen MR) is 100.0 cm³/mol. The fourth-order valence-corrected chi connectivity index (χ4v) is 3.52. The van der Waals surface area contributed by atoms with Crippen molar-refractivity contribution in [3.63, 3.8) is 0 Å². The monoisotopic (exact) mass is 374 g/mol. The minimum Gasteiger partial charge on any atom is -0.454 e. The van der Waals surface area contributed by atoms with Crippen LogP contribution in [0.2, 0.25) is 0 Å². The predicted octanol–water partition coefficient (Wildman–Crippen LogP) is 2.84. The largest absolute Gasteiger partial charge is 0.454 e. The van der Waals surface area contributed by atoms with E-state index in [4.69, 9.17) is 9.47 Å². The summed E-state index contributed by atoms with van der Waals surface area (Å²) in [5.41, 5.74) is 0.856. The number of fused-ring (bicyclic) bond motifs is 1. The molecule has 2 aliphatic heterocycles. The summed E-state index contributed by atoms with van der Waals surface area (Å²) in [5.74, 6) is 1.16. The molecule has 0 saturated carbocycles. The number of ketones is 1. The van der Waals surface area contributed by atoms with Gasteiger partial charge in [-0.3, -0.25) is 14.4 Å². The summed E-state index contributed by atoms with van der Waals surface area (Å²) in [6.07, 6.45) is 1.99. The van der Waals surface area contributed by atoms with Crippen molar-refractivity contribution in [2.45, 2.75) is 40.0 Å². The second-order valence-corrected chi connectivity index (χ2v) is 7.48. The van der Waals surface area contributed by atoms with E-state index in [1.807, 2.05) is 18.7 Å². The van der Waals surface area contributed by atoms with Crippen LogP contribution in [0.1, 0.15) is 50.4 Å². The van der Waals surface area contributed by atoms with E-state index < -0.39 is 0 Å². The van der Waals surface area contributed by atoms with Crippen LogP contribution in [-0.2, 0) is 9.59 Å². The molecule has 1 fully saturated rings. The third-order valence-corrected chi connectivity index (χ3v) is 5.06. The Hall–Kier alpha value is -2.57. The van der Waals surface area contributed by atoms with Crippen LogP contribution in [0.15, 0.2) is 12.1 Å². The van der Waals surface area contributed by atoms with Crippen LogP contribution in [0.3, 0.4) is 0 Å². The topological polar surface area (TPSA) is 84.9 Å². The molecule has 3 rings (SSSR count). The van der Waals surface area contributed by atoms with E-state index in [1.54, 1.807) is 12.1 Å². The van der Waals surface area contributed by atoms with Crippen molar-refractivity contribution in [1.82, 2.24) is 4.90 Å². The number of hydrogen-bond donors (Lipinski definition) is 1. The maximum atomic E-state index is 12.5. The van der Waals surface area contributed by atoms with E-state index in [0.717, 1.165) is 12.8 Å². The van der Waals surface area contributed by atoms with E-state index in [9.17, 15) is 14.4 Å². The molecule has 0 radical (unpaired) electrons. The molecule has 146 valence electrons. The first-order valence-electron chi connectivity index (χ1n) is 9.38. The van der Waals surface area contributed by atoms with E-state index in [-0.39, 0.29) is 36.2 Å². The first-order valence-corrected chi connectivity index (χ1v) is 9.38. The molecule has 27 heavy (non-hydrogen) atoms. The summed E-state index contributed by atoms with van der Waals surface area (Å²) in [6, 6.07) is 3.25. The van der Waals surface area contributed by atoms with E-state index in [1.165, 1.54) is 6.92 Å². The number of ether oxygens (including phenoxy) is 2. The Morgan fingerprint density at radius 2 is 1.78 bits per heavy atom. The molecule has 0 bridgehead atoms. The minimum absolute atomic E-state index is 0.000794. The Balaban J connectivity index is 1.59. The number of nitrogens with one attached hydrogen (secondary N) is 1. The molecule has 1 aromatic rings. The van der Waals surface area contributed by atoms with Crippen molar-refractivity contribution in [2.75, 3.05) is 25.2 Å². The smallest absolute Gasteiger partial charge is 0.231 e. The number of nitrogens with zero attached hydrogens (tertiary/aromatic N) is 1. The zero-order chi connectivity index (χ0) is 19.6. The quantitative estimate of drug-likeness (QED) is 0.801. The third-order valence-electron chi connectivity index (χ3n) is 5.06. The molecule has 0 atom stereocenters. The summed E-state index contributed by atoms with van der Waals surface area (Å²) in [7, 11) is 0. The maximum Gasteiger partial charge on any atom is 0.231 e. The number of anilines is 1. The molecule has 1 aromatic carbocycles. The molecule has 0 spiro atoms. The number of likely N-dealkylation sites (tertiary alicyclic amines) is 1. The normalized spacial score (nSPS) is 16.5. The average Bonchev–Trinajstić information content (AvgIpc) is 3.08. The number of hydrogen-bond acceptors (Lipinski definition) is 5. The van der Waals surface area contributed by atoms with Gasteiger partial charge in [0.05, 0.1) is 5.69 Å². The van der Waals surface area contributed by atoms with Gasteiger partial charge in [0, 0.05) is 37.1 Å². The molecule has 1 saturated heterocycles. The highest BCUT2D eigenvalue weighted by Crippen LogP contribution is 2.37. The fourth-order valence-electron chi connectivity index (χ4n) is 3.52. The Bertz CT molecular complexity index is 751. The van der Waals surface area contributed by atoms with Gasteiger partial charge < -0.3 is 19.7 Å². The highest BCUT2D eigenvalue weighted by atomic mass is 16.7. The fraction of sp³-hybridized carbons (Fsp3) is 0.550. The summed E-state index contributed by atoms with van der Waals surface area (Å²) < 4.78 is 10.6. The Morgan fingerprint density at radius 1 is 1.15 bits per heavy atom. The second kappa shape index (κ2) is 7.98. The number of rotatable bonds is 5. The second-order valence-electron chi connectivity index (χ2n) is 7.48. The lowest BCUT2D eigenvalue weighted by Crippen LogP contribution is -2.41. The van der Waals surface area contributed by atoms with Crippen LogP contribution in [0, 0.1) is 11.8 Å². The minimum atomic E-state index is -0.149. The highest BCUT2D eigenvalue weighted by molar-refractivity contribution is 6.04.